The normalized spacial score (nSPS) is 10.1. The highest BCUT2D eigenvalue weighted by atomic mass is 32.2. The molecule has 8 nitrogen and oxygen atoms in total. The van der Waals surface area contributed by atoms with Crippen molar-refractivity contribution in [3.63, 3.8) is 0 Å². The van der Waals surface area contributed by atoms with Crippen LogP contribution in [-0.4, -0.2) is 49.8 Å². The number of benzene rings is 1. The summed E-state index contributed by atoms with van der Waals surface area (Å²) in [7, 11) is 0. The molecular formula is C13H17N7OS2. The van der Waals surface area contributed by atoms with Gasteiger partial charge in [-0.3, -0.25) is 15.6 Å². The number of aromatic nitrogens is 4. The van der Waals surface area contributed by atoms with Gasteiger partial charge in [-0.1, -0.05) is 0 Å². The van der Waals surface area contributed by atoms with E-state index >= 15 is 0 Å². The number of nitrogens with zero attached hydrogens (tertiary/aromatic N) is 4. The highest BCUT2D eigenvalue weighted by Crippen LogP contribution is 2.07. The summed E-state index contributed by atoms with van der Waals surface area (Å²) in [4.78, 5) is 12.0. The smallest absolute Gasteiger partial charge is 0.269 e. The Morgan fingerprint density at radius 3 is 2.74 bits per heavy atom. The number of rotatable bonds is 6. The minimum absolute atomic E-state index is 0.276. The average molecular weight is 351 g/mol. The van der Waals surface area contributed by atoms with Gasteiger partial charge in [0, 0.05) is 12.1 Å². The van der Waals surface area contributed by atoms with Crippen LogP contribution in [0.4, 0.5) is 0 Å². The summed E-state index contributed by atoms with van der Waals surface area (Å²) in [6.45, 7) is 0.767. The fourth-order valence-electron chi connectivity index (χ4n) is 1.69. The number of hydrogen-bond donors (Lipinski definition) is 3. The fraction of sp³-hybridized carbons (Fsp3) is 0.308. The van der Waals surface area contributed by atoms with Crippen molar-refractivity contribution in [2.45, 2.75) is 6.42 Å². The summed E-state index contributed by atoms with van der Waals surface area (Å²) < 4.78 is 1.51. The van der Waals surface area contributed by atoms with Crippen molar-refractivity contribution in [1.82, 2.24) is 36.4 Å². The lowest BCUT2D eigenvalue weighted by molar-refractivity contribution is 0.0943. The zero-order valence-electron chi connectivity index (χ0n) is 12.5. The molecule has 0 fully saturated rings. The third-order valence-electron chi connectivity index (χ3n) is 2.84. The molecule has 0 spiro atoms. The third-order valence-corrected chi connectivity index (χ3v) is 3.79. The number of carbonyl (C=O) groups excluding carboxylic acids is 1. The second kappa shape index (κ2) is 9.06. The van der Waals surface area contributed by atoms with Crippen LogP contribution in [0.3, 0.4) is 0 Å². The lowest BCUT2D eigenvalue weighted by Crippen LogP contribution is -2.47. The lowest BCUT2D eigenvalue weighted by Gasteiger charge is -2.11. The largest absolute Gasteiger partial charge is 0.361 e. The Bertz CT molecular complexity index is 630. The predicted octanol–water partition coefficient (Wildman–Crippen LogP) is 0.524. The molecule has 23 heavy (non-hydrogen) atoms. The molecule has 0 aliphatic heterocycles. The summed E-state index contributed by atoms with van der Waals surface area (Å²) >= 11 is 6.86. The summed E-state index contributed by atoms with van der Waals surface area (Å²) in [5.41, 5.74) is 6.49. The number of tetrazole rings is 1. The van der Waals surface area contributed by atoms with E-state index in [2.05, 4.69) is 37.9 Å². The molecule has 3 N–H and O–H groups in total. The second-order valence-corrected chi connectivity index (χ2v) is 5.88. The molecule has 122 valence electrons. The number of thioether (sulfide) groups is 1. The maximum atomic E-state index is 12.0. The van der Waals surface area contributed by atoms with E-state index in [1.54, 1.807) is 36.0 Å². The minimum Gasteiger partial charge on any atom is -0.361 e. The molecule has 0 unspecified atom stereocenters. The molecule has 1 aromatic carbocycles. The van der Waals surface area contributed by atoms with E-state index in [0.29, 0.717) is 10.7 Å². The molecule has 0 bridgehead atoms. The summed E-state index contributed by atoms with van der Waals surface area (Å²) in [5, 5.41) is 14.3. The van der Waals surface area contributed by atoms with Gasteiger partial charge in [-0.15, -0.1) is 5.10 Å². The Kier molecular flexibility index (Phi) is 6.76. The number of amides is 1. The topological polar surface area (TPSA) is 96.8 Å². The van der Waals surface area contributed by atoms with Crippen molar-refractivity contribution in [2.75, 3.05) is 18.6 Å². The summed E-state index contributed by atoms with van der Waals surface area (Å²) in [6.07, 6.45) is 4.55. The number of nitrogens with one attached hydrogen (secondary N) is 3. The monoisotopic (exact) mass is 351 g/mol. The van der Waals surface area contributed by atoms with Crippen LogP contribution in [0.25, 0.3) is 5.69 Å². The SMILES string of the molecule is CSCCCNC(=S)NNC(=O)c1ccc(-n2cnnn2)cc1. The van der Waals surface area contributed by atoms with E-state index in [-0.39, 0.29) is 5.91 Å². The number of thiocarbonyl (C=S) groups is 1. The van der Waals surface area contributed by atoms with Crippen LogP contribution in [0.5, 0.6) is 0 Å². The van der Waals surface area contributed by atoms with Gasteiger partial charge in [0.05, 0.1) is 5.69 Å². The Morgan fingerprint density at radius 1 is 1.30 bits per heavy atom. The predicted molar refractivity (Wildman–Crippen MR) is 93.4 cm³/mol. The molecule has 0 saturated heterocycles. The van der Waals surface area contributed by atoms with Gasteiger partial charge < -0.3 is 5.32 Å². The first-order chi connectivity index (χ1) is 11.2. The molecule has 2 rings (SSSR count). The standard InChI is InChI=1S/C13H17N7OS2/c1-23-8-2-7-14-13(22)17-16-12(21)10-3-5-11(6-4-10)20-9-15-18-19-20/h3-6,9H,2,7-8H2,1H3,(H,16,21)(H2,14,17,22). The zero-order valence-corrected chi connectivity index (χ0v) is 14.2. The quantitative estimate of drug-likeness (QED) is 0.394. The zero-order chi connectivity index (χ0) is 16.5. The van der Waals surface area contributed by atoms with Gasteiger partial charge in [-0.2, -0.15) is 11.8 Å². The number of hydrazine groups is 1. The van der Waals surface area contributed by atoms with Gasteiger partial charge in [-0.05, 0) is 65.3 Å². The van der Waals surface area contributed by atoms with Gasteiger partial charge in [0.2, 0.25) is 0 Å². The molecule has 2 aromatic rings. The van der Waals surface area contributed by atoms with Crippen molar-refractivity contribution >= 4 is 35.0 Å². The molecular weight excluding hydrogens is 334 g/mol. The molecule has 0 atom stereocenters. The second-order valence-electron chi connectivity index (χ2n) is 4.48. The third kappa shape index (κ3) is 5.49. The maximum absolute atomic E-state index is 12.0. The average Bonchev–Trinajstić information content (AvgIpc) is 3.11. The van der Waals surface area contributed by atoms with Crippen LogP contribution >= 0.6 is 24.0 Å². The van der Waals surface area contributed by atoms with Gasteiger partial charge in [0.25, 0.3) is 5.91 Å². The Morgan fingerprint density at radius 2 is 2.09 bits per heavy atom. The van der Waals surface area contributed by atoms with E-state index in [0.717, 1.165) is 24.4 Å². The first-order valence-corrected chi connectivity index (χ1v) is 8.67. The number of carbonyl (C=O) groups is 1. The lowest BCUT2D eigenvalue weighted by atomic mass is 10.2. The van der Waals surface area contributed by atoms with E-state index < -0.39 is 0 Å². The van der Waals surface area contributed by atoms with Gasteiger partial charge in [0.1, 0.15) is 6.33 Å². The van der Waals surface area contributed by atoms with Crippen LogP contribution in [0.1, 0.15) is 16.8 Å². The van der Waals surface area contributed by atoms with Crippen molar-refractivity contribution in [1.29, 1.82) is 0 Å². The molecule has 0 aliphatic rings. The molecule has 0 aliphatic carbocycles. The van der Waals surface area contributed by atoms with Crippen LogP contribution in [0.15, 0.2) is 30.6 Å². The molecule has 1 heterocycles. The van der Waals surface area contributed by atoms with Gasteiger partial charge in [0.15, 0.2) is 5.11 Å². The summed E-state index contributed by atoms with van der Waals surface area (Å²) in [5.74, 6) is 0.789. The Hall–Kier alpha value is -2.20. The van der Waals surface area contributed by atoms with Crippen molar-refractivity contribution in [2.24, 2.45) is 0 Å². The molecule has 1 aromatic heterocycles. The van der Waals surface area contributed by atoms with E-state index in [4.69, 9.17) is 12.2 Å². The molecule has 1 amide bonds. The van der Waals surface area contributed by atoms with Gasteiger partial charge >= 0.3 is 0 Å². The van der Waals surface area contributed by atoms with E-state index in [9.17, 15) is 4.79 Å². The van der Waals surface area contributed by atoms with E-state index in [1.165, 1.54) is 11.0 Å². The van der Waals surface area contributed by atoms with Crippen LogP contribution in [0.2, 0.25) is 0 Å². The number of hydrogen-bond acceptors (Lipinski definition) is 6. The van der Waals surface area contributed by atoms with Crippen molar-refractivity contribution in [3.05, 3.63) is 36.2 Å². The molecule has 10 heteroatoms. The Balaban J connectivity index is 1.78. The van der Waals surface area contributed by atoms with Crippen molar-refractivity contribution in [3.8, 4) is 5.69 Å². The summed E-state index contributed by atoms with van der Waals surface area (Å²) in [6, 6.07) is 6.88. The Labute approximate surface area is 143 Å². The first kappa shape index (κ1) is 17.2. The highest BCUT2D eigenvalue weighted by Gasteiger charge is 2.06. The molecule has 0 saturated carbocycles. The van der Waals surface area contributed by atoms with Crippen LogP contribution < -0.4 is 16.2 Å². The van der Waals surface area contributed by atoms with Crippen LogP contribution in [-0.2, 0) is 0 Å². The van der Waals surface area contributed by atoms with Gasteiger partial charge in [-0.25, -0.2) is 4.68 Å². The maximum Gasteiger partial charge on any atom is 0.269 e. The highest BCUT2D eigenvalue weighted by molar-refractivity contribution is 7.98. The fourth-order valence-corrected chi connectivity index (χ4v) is 2.28. The minimum atomic E-state index is -0.276. The first-order valence-electron chi connectivity index (χ1n) is 6.87. The van der Waals surface area contributed by atoms with Crippen molar-refractivity contribution < 1.29 is 4.79 Å². The van der Waals surface area contributed by atoms with E-state index in [1.807, 2.05) is 0 Å². The van der Waals surface area contributed by atoms with Crippen LogP contribution in [0, 0.1) is 0 Å². The molecule has 0 radical (unpaired) electrons.